The van der Waals surface area contributed by atoms with E-state index >= 15 is 0 Å². The van der Waals surface area contributed by atoms with Crippen molar-refractivity contribution in [2.75, 3.05) is 40.0 Å². The van der Waals surface area contributed by atoms with Gasteiger partial charge >= 0.3 is 5.97 Å². The Morgan fingerprint density at radius 3 is 3.00 bits per heavy atom. The number of nitrogens with zero attached hydrogens (tertiary/aromatic N) is 1. The summed E-state index contributed by atoms with van der Waals surface area (Å²) in [4.78, 5) is 13.1. The second kappa shape index (κ2) is 5.98. The van der Waals surface area contributed by atoms with Crippen LogP contribution in [0.1, 0.15) is 13.3 Å². The van der Waals surface area contributed by atoms with Gasteiger partial charge in [-0.1, -0.05) is 0 Å². The lowest BCUT2D eigenvalue weighted by Crippen LogP contribution is -2.32. The Hall–Kier alpha value is -0.610. The lowest BCUT2D eigenvalue weighted by Gasteiger charge is -2.18. The number of carbonyl (C=O) groups excluding carboxylic acids is 1. The number of esters is 1. The van der Waals surface area contributed by atoms with E-state index in [9.17, 15) is 4.79 Å². The highest BCUT2D eigenvalue weighted by Gasteiger charge is 2.18. The molecular weight excluding hydrogens is 182 g/mol. The molecule has 1 saturated heterocycles. The van der Waals surface area contributed by atoms with Gasteiger partial charge in [-0.2, -0.15) is 0 Å². The summed E-state index contributed by atoms with van der Waals surface area (Å²) < 4.78 is 10.1. The maximum atomic E-state index is 11.1. The third-order valence-corrected chi connectivity index (χ3v) is 2.30. The predicted molar refractivity (Wildman–Crippen MR) is 53.1 cm³/mol. The summed E-state index contributed by atoms with van der Waals surface area (Å²) >= 11 is 0. The van der Waals surface area contributed by atoms with Gasteiger partial charge < -0.3 is 9.47 Å². The molecule has 0 amide bonds. The van der Waals surface area contributed by atoms with Crippen LogP contribution in [0.3, 0.4) is 0 Å². The minimum absolute atomic E-state index is 0.145. The molecule has 0 aliphatic carbocycles. The van der Waals surface area contributed by atoms with Crippen LogP contribution in [0.2, 0.25) is 0 Å². The zero-order chi connectivity index (χ0) is 10.4. The molecule has 1 atom stereocenters. The molecule has 0 saturated carbocycles. The van der Waals surface area contributed by atoms with Crippen molar-refractivity contribution < 1.29 is 14.3 Å². The third kappa shape index (κ3) is 4.07. The van der Waals surface area contributed by atoms with Gasteiger partial charge in [0.15, 0.2) is 0 Å². The number of carbonyl (C=O) groups is 1. The van der Waals surface area contributed by atoms with Crippen LogP contribution >= 0.6 is 0 Å². The summed E-state index contributed by atoms with van der Waals surface area (Å²) in [6.45, 7) is 5.26. The third-order valence-electron chi connectivity index (χ3n) is 2.30. The van der Waals surface area contributed by atoms with Gasteiger partial charge in [0.25, 0.3) is 0 Å². The van der Waals surface area contributed by atoms with Crippen molar-refractivity contribution in [1.82, 2.24) is 4.90 Å². The van der Waals surface area contributed by atoms with Gasteiger partial charge in [0.05, 0.1) is 19.8 Å². The second-order valence-electron chi connectivity index (χ2n) is 3.73. The molecule has 0 N–H and O–H groups in total. The van der Waals surface area contributed by atoms with Crippen LogP contribution < -0.4 is 0 Å². The predicted octanol–water partition coefficient (Wildman–Crippen LogP) is 0.518. The van der Waals surface area contributed by atoms with Gasteiger partial charge in [-0.15, -0.1) is 0 Å². The smallest absolute Gasteiger partial charge is 0.320 e. The first-order chi connectivity index (χ1) is 6.72. The van der Waals surface area contributed by atoms with Crippen LogP contribution in [0.15, 0.2) is 0 Å². The highest BCUT2D eigenvalue weighted by Crippen LogP contribution is 2.12. The van der Waals surface area contributed by atoms with Crippen molar-refractivity contribution in [3.8, 4) is 0 Å². The average molecular weight is 201 g/mol. The molecule has 0 aromatic carbocycles. The summed E-state index contributed by atoms with van der Waals surface area (Å²) in [6.07, 6.45) is 1.10. The first-order valence-corrected chi connectivity index (χ1v) is 5.14. The van der Waals surface area contributed by atoms with E-state index in [0.29, 0.717) is 19.1 Å². The number of likely N-dealkylation sites (N-methyl/N-ethyl adjacent to an activating group) is 1. The van der Waals surface area contributed by atoms with Crippen LogP contribution in [0.4, 0.5) is 0 Å². The van der Waals surface area contributed by atoms with Crippen molar-refractivity contribution in [3.63, 3.8) is 0 Å². The minimum Gasteiger partial charge on any atom is -0.465 e. The summed E-state index contributed by atoms with van der Waals surface area (Å²) in [7, 11) is 1.94. The molecule has 4 heteroatoms. The first kappa shape index (κ1) is 11.5. The van der Waals surface area contributed by atoms with Gasteiger partial charge in [-0.05, 0) is 26.3 Å². The fraction of sp³-hybridized carbons (Fsp3) is 0.900. The molecule has 1 aliphatic rings. The molecule has 1 rings (SSSR count). The fourth-order valence-electron chi connectivity index (χ4n) is 1.66. The molecular formula is C10H19NO3. The number of hydrogen-bond acceptors (Lipinski definition) is 4. The zero-order valence-electron chi connectivity index (χ0n) is 8.99. The van der Waals surface area contributed by atoms with Crippen LogP contribution in [0, 0.1) is 5.92 Å². The molecule has 0 aromatic heterocycles. The molecule has 1 aliphatic heterocycles. The van der Waals surface area contributed by atoms with E-state index in [-0.39, 0.29) is 5.97 Å². The van der Waals surface area contributed by atoms with Crippen molar-refractivity contribution in [2.45, 2.75) is 13.3 Å². The number of hydrogen-bond donors (Lipinski definition) is 0. The molecule has 82 valence electrons. The van der Waals surface area contributed by atoms with Gasteiger partial charge in [0.1, 0.15) is 0 Å². The van der Waals surface area contributed by atoms with E-state index in [1.54, 1.807) is 0 Å². The average Bonchev–Trinajstić information content (AvgIpc) is 2.56. The van der Waals surface area contributed by atoms with Crippen molar-refractivity contribution in [2.24, 2.45) is 5.92 Å². The standard InChI is InChI=1S/C10H19NO3/c1-3-14-10(12)7-11(2)6-9-4-5-13-8-9/h9H,3-8H2,1-2H3. The molecule has 1 fully saturated rings. The Morgan fingerprint density at radius 2 is 2.43 bits per heavy atom. The zero-order valence-corrected chi connectivity index (χ0v) is 8.99. The summed E-state index contributed by atoms with van der Waals surface area (Å²) in [5.41, 5.74) is 0. The van der Waals surface area contributed by atoms with Crippen molar-refractivity contribution in [3.05, 3.63) is 0 Å². The van der Waals surface area contributed by atoms with Gasteiger partial charge in [0, 0.05) is 13.2 Å². The van der Waals surface area contributed by atoms with Crippen molar-refractivity contribution >= 4 is 5.97 Å². The lowest BCUT2D eigenvalue weighted by molar-refractivity contribution is -0.144. The Bertz CT molecular complexity index is 178. The Labute approximate surface area is 85.2 Å². The summed E-state index contributed by atoms with van der Waals surface area (Å²) in [5.74, 6) is 0.434. The molecule has 1 heterocycles. The fourth-order valence-corrected chi connectivity index (χ4v) is 1.66. The Balaban J connectivity index is 2.14. The highest BCUT2D eigenvalue weighted by molar-refractivity contribution is 5.71. The second-order valence-corrected chi connectivity index (χ2v) is 3.73. The van der Waals surface area contributed by atoms with Crippen molar-refractivity contribution in [1.29, 1.82) is 0 Å². The van der Waals surface area contributed by atoms with Gasteiger partial charge in [-0.25, -0.2) is 0 Å². The largest absolute Gasteiger partial charge is 0.465 e. The molecule has 4 nitrogen and oxygen atoms in total. The molecule has 0 aromatic rings. The van der Waals surface area contributed by atoms with Gasteiger partial charge in [0.2, 0.25) is 0 Å². The van der Waals surface area contributed by atoms with E-state index in [1.807, 2.05) is 18.9 Å². The SMILES string of the molecule is CCOC(=O)CN(C)CC1CCOC1. The topological polar surface area (TPSA) is 38.8 Å². The molecule has 1 unspecified atom stereocenters. The quantitative estimate of drug-likeness (QED) is 0.608. The normalized spacial score (nSPS) is 21.5. The molecule has 14 heavy (non-hydrogen) atoms. The highest BCUT2D eigenvalue weighted by atomic mass is 16.5. The van der Waals surface area contributed by atoms with E-state index in [1.165, 1.54) is 0 Å². The van der Waals surface area contributed by atoms with Crippen LogP contribution in [-0.4, -0.2) is 50.8 Å². The molecule has 0 spiro atoms. The van der Waals surface area contributed by atoms with Crippen LogP contribution in [0.5, 0.6) is 0 Å². The van der Waals surface area contributed by atoms with Crippen LogP contribution in [-0.2, 0) is 14.3 Å². The monoisotopic (exact) mass is 201 g/mol. The number of rotatable bonds is 5. The lowest BCUT2D eigenvalue weighted by atomic mass is 10.1. The minimum atomic E-state index is -0.145. The van der Waals surface area contributed by atoms with E-state index in [0.717, 1.165) is 26.2 Å². The number of ether oxygens (including phenoxy) is 2. The summed E-state index contributed by atoms with van der Waals surface area (Å²) in [5, 5.41) is 0. The maximum Gasteiger partial charge on any atom is 0.320 e. The summed E-state index contributed by atoms with van der Waals surface area (Å²) in [6, 6.07) is 0. The van der Waals surface area contributed by atoms with Gasteiger partial charge in [-0.3, -0.25) is 9.69 Å². The first-order valence-electron chi connectivity index (χ1n) is 5.14. The van der Waals surface area contributed by atoms with E-state index < -0.39 is 0 Å². The maximum absolute atomic E-state index is 11.1. The Kier molecular flexibility index (Phi) is 4.90. The molecule has 0 bridgehead atoms. The Morgan fingerprint density at radius 1 is 1.64 bits per heavy atom. The molecule has 0 radical (unpaired) electrons. The van der Waals surface area contributed by atoms with Crippen LogP contribution in [0.25, 0.3) is 0 Å². The van der Waals surface area contributed by atoms with E-state index in [2.05, 4.69) is 0 Å². The van der Waals surface area contributed by atoms with E-state index in [4.69, 9.17) is 9.47 Å².